The van der Waals surface area contributed by atoms with Gasteiger partial charge in [-0.25, -0.2) is 0 Å². The number of aromatic nitrogens is 2. The molecule has 4 heterocycles. The number of amides is 1. The number of hydrogen-bond acceptors (Lipinski definition) is 8. The van der Waals surface area contributed by atoms with E-state index in [1.54, 1.807) is 24.4 Å². The van der Waals surface area contributed by atoms with E-state index in [9.17, 15) is 9.59 Å². The van der Waals surface area contributed by atoms with Gasteiger partial charge in [0.2, 0.25) is 12.7 Å². The van der Waals surface area contributed by atoms with E-state index in [0.717, 1.165) is 28.5 Å². The maximum absolute atomic E-state index is 13.5. The maximum atomic E-state index is 13.5. The monoisotopic (exact) mass is 543 g/mol. The predicted molar refractivity (Wildman–Crippen MR) is 149 cm³/mol. The summed E-state index contributed by atoms with van der Waals surface area (Å²) in [7, 11) is 0. The molecule has 0 saturated carbocycles. The number of rotatable bonds is 5. The van der Waals surface area contributed by atoms with Crippen LogP contribution >= 0.6 is 24.0 Å². The normalized spacial score (nSPS) is 15.6. The smallest absolute Gasteiger partial charge is 0.269 e. The van der Waals surface area contributed by atoms with Crippen molar-refractivity contribution in [2.75, 3.05) is 6.79 Å². The Morgan fingerprint density at radius 3 is 2.66 bits per heavy atom. The van der Waals surface area contributed by atoms with E-state index in [1.807, 2.05) is 50.2 Å². The first-order valence-corrected chi connectivity index (χ1v) is 13.0. The Hall–Kier alpha value is -4.15. The molecule has 2 aromatic heterocycles. The predicted octanol–water partition coefficient (Wildman–Crippen LogP) is 5.23. The summed E-state index contributed by atoms with van der Waals surface area (Å²) < 4.78 is 18.8. The fourth-order valence-corrected chi connectivity index (χ4v) is 5.61. The summed E-state index contributed by atoms with van der Waals surface area (Å²) in [6.07, 6.45) is 3.15. The molecule has 190 valence electrons. The zero-order valence-electron chi connectivity index (χ0n) is 20.5. The average molecular weight is 544 g/mol. The summed E-state index contributed by atoms with van der Waals surface area (Å²) in [4.78, 5) is 33.4. The number of aryl methyl sites for hydroxylation is 2. The van der Waals surface area contributed by atoms with Crippen molar-refractivity contribution in [1.29, 1.82) is 0 Å². The molecule has 8 nitrogen and oxygen atoms in total. The summed E-state index contributed by atoms with van der Waals surface area (Å²) in [6.45, 7) is 4.37. The number of pyridine rings is 1. The molecule has 2 aliphatic heterocycles. The van der Waals surface area contributed by atoms with Crippen LogP contribution in [0.15, 0.2) is 70.5 Å². The number of benzene rings is 2. The second kappa shape index (κ2) is 9.62. The molecule has 0 N–H and O–H groups in total. The molecule has 1 fully saturated rings. The first-order chi connectivity index (χ1) is 18.4. The molecule has 1 saturated heterocycles. The van der Waals surface area contributed by atoms with E-state index in [2.05, 4.69) is 4.98 Å². The van der Waals surface area contributed by atoms with E-state index in [0.29, 0.717) is 32.1 Å². The highest BCUT2D eigenvalue weighted by Gasteiger charge is 2.33. The van der Waals surface area contributed by atoms with Gasteiger partial charge < -0.3 is 14.2 Å². The SMILES string of the molecule is Cc1cc(C)cc(Oc2nc3ccccn3c(=O)c2/C=C2/SC(=S)N(Cc3ccc4c(c3)OCO4)C2=O)c1. The summed E-state index contributed by atoms with van der Waals surface area (Å²) in [5, 5.41) is 0. The summed E-state index contributed by atoms with van der Waals surface area (Å²) in [5.41, 5.74) is 3.13. The van der Waals surface area contributed by atoms with Crippen molar-refractivity contribution in [3.05, 3.63) is 98.3 Å². The van der Waals surface area contributed by atoms with Crippen LogP contribution in [0, 0.1) is 13.8 Å². The van der Waals surface area contributed by atoms with Crippen LogP contribution in [0.4, 0.5) is 0 Å². The Labute approximate surface area is 227 Å². The molecule has 38 heavy (non-hydrogen) atoms. The summed E-state index contributed by atoms with van der Waals surface area (Å²) in [6, 6.07) is 16.5. The van der Waals surface area contributed by atoms with Crippen molar-refractivity contribution in [3.8, 4) is 23.1 Å². The van der Waals surface area contributed by atoms with E-state index in [1.165, 1.54) is 15.4 Å². The van der Waals surface area contributed by atoms with Crippen molar-refractivity contribution in [1.82, 2.24) is 14.3 Å². The topological polar surface area (TPSA) is 82.4 Å². The van der Waals surface area contributed by atoms with Crippen LogP contribution in [-0.2, 0) is 11.3 Å². The highest BCUT2D eigenvalue weighted by Crippen LogP contribution is 2.37. The van der Waals surface area contributed by atoms with Gasteiger partial charge in [0.15, 0.2) is 11.5 Å². The van der Waals surface area contributed by atoms with Gasteiger partial charge >= 0.3 is 0 Å². The number of fused-ring (bicyclic) bond motifs is 2. The fourth-order valence-electron chi connectivity index (χ4n) is 4.38. The van der Waals surface area contributed by atoms with Crippen LogP contribution in [0.2, 0.25) is 0 Å². The molecule has 1 amide bonds. The number of ether oxygens (including phenoxy) is 3. The second-order valence-corrected chi connectivity index (χ2v) is 10.6. The minimum Gasteiger partial charge on any atom is -0.454 e. The van der Waals surface area contributed by atoms with Crippen molar-refractivity contribution < 1.29 is 19.0 Å². The van der Waals surface area contributed by atoms with Crippen LogP contribution in [0.25, 0.3) is 11.7 Å². The average Bonchev–Trinajstić information content (AvgIpc) is 3.45. The Morgan fingerprint density at radius 2 is 1.84 bits per heavy atom. The van der Waals surface area contributed by atoms with Gasteiger partial charge in [-0.1, -0.05) is 42.2 Å². The maximum Gasteiger partial charge on any atom is 0.269 e. The van der Waals surface area contributed by atoms with E-state index in [4.69, 9.17) is 26.4 Å². The number of thiocarbonyl (C=S) groups is 1. The molecule has 0 radical (unpaired) electrons. The van der Waals surface area contributed by atoms with Gasteiger partial charge in [-0.05, 0) is 73.0 Å². The molecule has 2 aromatic carbocycles. The van der Waals surface area contributed by atoms with Crippen LogP contribution < -0.4 is 19.8 Å². The largest absolute Gasteiger partial charge is 0.454 e. The molecule has 6 rings (SSSR count). The number of hydrogen-bond donors (Lipinski definition) is 0. The zero-order valence-corrected chi connectivity index (χ0v) is 22.1. The van der Waals surface area contributed by atoms with Gasteiger partial charge in [0.25, 0.3) is 11.5 Å². The van der Waals surface area contributed by atoms with Crippen molar-refractivity contribution >= 4 is 45.9 Å². The molecule has 0 spiro atoms. The van der Waals surface area contributed by atoms with Gasteiger partial charge in [0.1, 0.15) is 21.3 Å². The third-order valence-corrected chi connectivity index (χ3v) is 7.45. The van der Waals surface area contributed by atoms with Crippen molar-refractivity contribution in [3.63, 3.8) is 0 Å². The van der Waals surface area contributed by atoms with E-state index in [-0.39, 0.29) is 36.2 Å². The molecule has 4 aromatic rings. The molecular formula is C28H21N3O5S2. The zero-order chi connectivity index (χ0) is 26.4. The number of carbonyl (C=O) groups is 1. The third kappa shape index (κ3) is 4.52. The van der Waals surface area contributed by atoms with Crippen LogP contribution in [0.3, 0.4) is 0 Å². The highest BCUT2D eigenvalue weighted by molar-refractivity contribution is 8.26. The number of nitrogens with zero attached hydrogens (tertiary/aromatic N) is 3. The first-order valence-electron chi connectivity index (χ1n) is 11.8. The van der Waals surface area contributed by atoms with Crippen LogP contribution in [0.5, 0.6) is 23.1 Å². The minimum atomic E-state index is -0.351. The highest BCUT2D eigenvalue weighted by atomic mass is 32.2. The van der Waals surface area contributed by atoms with Gasteiger partial charge in [0.05, 0.1) is 11.4 Å². The molecule has 10 heteroatoms. The standard InChI is InChI=1S/C28H21N3O5S2/c1-16-9-17(2)11-19(10-16)36-25-20(26(32)30-8-4-3-5-24(30)29-25)13-23-27(33)31(28(37)38-23)14-18-6-7-21-22(12-18)35-15-34-21/h3-13H,14-15H2,1-2H3/b23-13+. The van der Waals surface area contributed by atoms with Gasteiger partial charge in [-0.15, -0.1) is 0 Å². The van der Waals surface area contributed by atoms with Crippen molar-refractivity contribution in [2.45, 2.75) is 20.4 Å². The second-order valence-electron chi connectivity index (χ2n) is 8.95. The molecular weight excluding hydrogens is 522 g/mol. The Morgan fingerprint density at radius 1 is 1.05 bits per heavy atom. The summed E-state index contributed by atoms with van der Waals surface area (Å²) in [5.74, 6) is 1.67. The number of thioether (sulfide) groups is 1. The van der Waals surface area contributed by atoms with E-state index >= 15 is 0 Å². The number of carbonyl (C=O) groups excluding carboxylic acids is 1. The molecule has 0 bridgehead atoms. The van der Waals surface area contributed by atoms with Gasteiger partial charge in [-0.2, -0.15) is 4.98 Å². The Balaban J connectivity index is 1.37. The van der Waals surface area contributed by atoms with Crippen molar-refractivity contribution in [2.24, 2.45) is 0 Å². The minimum absolute atomic E-state index is 0.118. The fraction of sp³-hybridized carbons (Fsp3) is 0.143. The molecule has 0 unspecified atom stereocenters. The molecule has 2 aliphatic rings. The Kier molecular flexibility index (Phi) is 6.13. The molecule has 0 aliphatic carbocycles. The van der Waals surface area contributed by atoms with Gasteiger partial charge in [-0.3, -0.25) is 18.9 Å². The van der Waals surface area contributed by atoms with Crippen LogP contribution in [0.1, 0.15) is 22.3 Å². The molecule has 0 atom stereocenters. The quantitative estimate of drug-likeness (QED) is 0.250. The first kappa shape index (κ1) is 24.2. The lowest BCUT2D eigenvalue weighted by atomic mass is 10.1. The lowest BCUT2D eigenvalue weighted by Crippen LogP contribution is -2.27. The lowest BCUT2D eigenvalue weighted by Gasteiger charge is -2.14. The van der Waals surface area contributed by atoms with Gasteiger partial charge in [0, 0.05) is 6.20 Å². The van der Waals surface area contributed by atoms with E-state index < -0.39 is 0 Å². The van der Waals surface area contributed by atoms with Crippen LogP contribution in [-0.4, -0.2) is 31.3 Å². The third-order valence-electron chi connectivity index (χ3n) is 6.07. The summed E-state index contributed by atoms with van der Waals surface area (Å²) >= 11 is 6.66. The Bertz CT molecular complexity index is 1710. The lowest BCUT2D eigenvalue weighted by molar-refractivity contribution is -0.122.